The van der Waals surface area contributed by atoms with E-state index in [4.69, 9.17) is 11.6 Å². The minimum absolute atomic E-state index is 0.258. The zero-order valence-corrected chi connectivity index (χ0v) is 9.78. The van der Waals surface area contributed by atoms with E-state index in [1.165, 1.54) is 25.1 Å². The first-order valence-electron chi connectivity index (χ1n) is 4.71. The maximum Gasteiger partial charge on any atom is 0.303 e. The largest absolute Gasteiger partial charge is 0.456 e. The van der Waals surface area contributed by atoms with E-state index in [9.17, 15) is 14.4 Å². The van der Waals surface area contributed by atoms with Crippen molar-refractivity contribution in [1.29, 1.82) is 0 Å². The van der Waals surface area contributed by atoms with Gasteiger partial charge in [-0.25, -0.2) is 0 Å². The Morgan fingerprint density at radius 2 is 2.18 bits per heavy atom. The molecule has 1 N–H and O–H groups in total. The van der Waals surface area contributed by atoms with Gasteiger partial charge in [0.2, 0.25) is 0 Å². The summed E-state index contributed by atoms with van der Waals surface area (Å²) in [6.45, 7) is 0.808. The van der Waals surface area contributed by atoms with Gasteiger partial charge in [0.1, 0.15) is 0 Å². The van der Waals surface area contributed by atoms with Crippen LogP contribution >= 0.6 is 11.6 Å². The van der Waals surface area contributed by atoms with E-state index in [1.807, 2.05) is 0 Å². The van der Waals surface area contributed by atoms with E-state index >= 15 is 0 Å². The average Bonchev–Trinajstić information content (AvgIpc) is 2.28. The number of esters is 1. The molecule has 1 aromatic rings. The summed E-state index contributed by atoms with van der Waals surface area (Å²) in [5.74, 6) is -1.07. The summed E-state index contributed by atoms with van der Waals surface area (Å²) in [5.41, 5.74) is 0.579. The molecule has 0 fully saturated rings. The maximum atomic E-state index is 11.3. The van der Waals surface area contributed by atoms with Gasteiger partial charge in [0.05, 0.1) is 5.69 Å². The van der Waals surface area contributed by atoms with Crippen LogP contribution in [0.3, 0.4) is 0 Å². The third-order valence-corrected chi connectivity index (χ3v) is 2.06. The molecule has 0 unspecified atom stereocenters. The number of amides is 1. The SMILES string of the molecule is CC(=O)OCC(=O)Nc1ccc(Cl)cc1C=O. The van der Waals surface area contributed by atoms with E-state index in [2.05, 4.69) is 10.1 Å². The normalized spacial score (nSPS) is 9.53. The quantitative estimate of drug-likeness (QED) is 0.656. The number of carbonyl (C=O) groups is 3. The van der Waals surface area contributed by atoms with Crippen LogP contribution in [-0.4, -0.2) is 24.8 Å². The van der Waals surface area contributed by atoms with Gasteiger partial charge in [0, 0.05) is 17.5 Å². The van der Waals surface area contributed by atoms with Crippen LogP contribution in [0.4, 0.5) is 5.69 Å². The zero-order chi connectivity index (χ0) is 12.8. The summed E-state index contributed by atoms with van der Waals surface area (Å²) in [5, 5.41) is 2.83. The molecule has 0 aliphatic carbocycles. The molecule has 1 rings (SSSR count). The average molecular weight is 256 g/mol. The van der Waals surface area contributed by atoms with E-state index in [0.29, 0.717) is 17.0 Å². The van der Waals surface area contributed by atoms with Gasteiger partial charge in [-0.1, -0.05) is 11.6 Å². The summed E-state index contributed by atoms with van der Waals surface area (Å²) < 4.78 is 4.51. The van der Waals surface area contributed by atoms with E-state index in [0.717, 1.165) is 0 Å². The van der Waals surface area contributed by atoms with Crippen LogP contribution in [0.5, 0.6) is 0 Å². The van der Waals surface area contributed by atoms with Crippen molar-refractivity contribution in [1.82, 2.24) is 0 Å². The topological polar surface area (TPSA) is 72.5 Å². The maximum absolute atomic E-state index is 11.3. The lowest BCUT2D eigenvalue weighted by molar-refractivity contribution is -0.144. The van der Waals surface area contributed by atoms with Gasteiger partial charge < -0.3 is 10.1 Å². The Labute approximate surface area is 103 Å². The first kappa shape index (κ1) is 13.2. The van der Waals surface area contributed by atoms with Crippen molar-refractivity contribution < 1.29 is 19.1 Å². The number of anilines is 1. The molecule has 5 nitrogen and oxygen atoms in total. The Morgan fingerprint density at radius 3 is 2.76 bits per heavy atom. The summed E-state index contributed by atoms with van der Waals surface area (Å²) in [7, 11) is 0. The molecule has 0 atom stereocenters. The predicted molar refractivity (Wildman–Crippen MR) is 62.1 cm³/mol. The fourth-order valence-electron chi connectivity index (χ4n) is 1.10. The number of rotatable bonds is 4. The molecule has 0 heterocycles. The van der Waals surface area contributed by atoms with Crippen molar-refractivity contribution in [3.8, 4) is 0 Å². The lowest BCUT2D eigenvalue weighted by Crippen LogP contribution is -2.20. The Morgan fingerprint density at radius 1 is 1.47 bits per heavy atom. The van der Waals surface area contributed by atoms with Crippen molar-refractivity contribution >= 4 is 35.5 Å². The first-order valence-corrected chi connectivity index (χ1v) is 5.08. The van der Waals surface area contributed by atoms with Gasteiger partial charge in [-0.2, -0.15) is 0 Å². The number of nitrogens with one attached hydrogen (secondary N) is 1. The second-order valence-electron chi connectivity index (χ2n) is 3.18. The van der Waals surface area contributed by atoms with Gasteiger partial charge in [-0.05, 0) is 18.2 Å². The molecular formula is C11H10ClNO4. The zero-order valence-electron chi connectivity index (χ0n) is 9.03. The van der Waals surface area contributed by atoms with Crippen molar-refractivity contribution in [2.75, 3.05) is 11.9 Å². The summed E-state index contributed by atoms with van der Waals surface area (Å²) in [6, 6.07) is 4.46. The molecule has 0 aliphatic rings. The van der Waals surface area contributed by atoms with Crippen LogP contribution in [0.2, 0.25) is 5.02 Å². The van der Waals surface area contributed by atoms with Crippen LogP contribution in [0.1, 0.15) is 17.3 Å². The minimum atomic E-state index is -0.549. The van der Waals surface area contributed by atoms with Crippen molar-refractivity contribution in [2.24, 2.45) is 0 Å². The molecule has 0 saturated carbocycles. The van der Waals surface area contributed by atoms with Crippen molar-refractivity contribution in [3.63, 3.8) is 0 Å². The van der Waals surface area contributed by atoms with E-state index < -0.39 is 18.5 Å². The van der Waals surface area contributed by atoms with Crippen molar-refractivity contribution in [3.05, 3.63) is 28.8 Å². The molecule has 1 aromatic carbocycles. The van der Waals surface area contributed by atoms with Crippen LogP contribution in [0.15, 0.2) is 18.2 Å². The molecular weight excluding hydrogens is 246 g/mol. The summed E-state index contributed by atoms with van der Waals surface area (Å²) in [6.07, 6.45) is 0.577. The summed E-state index contributed by atoms with van der Waals surface area (Å²) >= 11 is 5.69. The minimum Gasteiger partial charge on any atom is -0.456 e. The molecule has 17 heavy (non-hydrogen) atoms. The van der Waals surface area contributed by atoms with Gasteiger partial charge >= 0.3 is 5.97 Å². The highest BCUT2D eigenvalue weighted by molar-refractivity contribution is 6.31. The van der Waals surface area contributed by atoms with E-state index in [1.54, 1.807) is 0 Å². The number of hydrogen-bond donors (Lipinski definition) is 1. The Hall–Kier alpha value is -1.88. The molecule has 0 bridgehead atoms. The molecule has 0 saturated heterocycles. The Kier molecular flexibility index (Phi) is 4.66. The van der Waals surface area contributed by atoms with Crippen LogP contribution < -0.4 is 5.32 Å². The van der Waals surface area contributed by atoms with Crippen molar-refractivity contribution in [2.45, 2.75) is 6.92 Å². The fraction of sp³-hybridized carbons (Fsp3) is 0.182. The molecule has 90 valence electrons. The highest BCUT2D eigenvalue weighted by Gasteiger charge is 2.08. The molecule has 1 amide bonds. The fourth-order valence-corrected chi connectivity index (χ4v) is 1.28. The monoisotopic (exact) mass is 255 g/mol. The molecule has 6 heteroatoms. The number of carbonyl (C=O) groups excluding carboxylic acids is 3. The third kappa shape index (κ3) is 4.24. The standard InChI is InChI=1S/C11H10ClNO4/c1-7(15)17-6-11(16)13-10-3-2-9(12)4-8(10)5-14/h2-5H,6H2,1H3,(H,13,16). The second-order valence-corrected chi connectivity index (χ2v) is 3.61. The molecule has 0 spiro atoms. The number of aldehydes is 1. The molecule has 0 aliphatic heterocycles. The smallest absolute Gasteiger partial charge is 0.303 e. The third-order valence-electron chi connectivity index (χ3n) is 1.82. The Balaban J connectivity index is 2.71. The van der Waals surface area contributed by atoms with Crippen LogP contribution in [-0.2, 0) is 14.3 Å². The van der Waals surface area contributed by atoms with Gasteiger partial charge in [0.25, 0.3) is 5.91 Å². The predicted octanol–water partition coefficient (Wildman–Crippen LogP) is 1.65. The lowest BCUT2D eigenvalue weighted by Gasteiger charge is -2.07. The summed E-state index contributed by atoms with van der Waals surface area (Å²) in [4.78, 5) is 32.6. The Bertz CT molecular complexity index is 459. The van der Waals surface area contributed by atoms with E-state index in [-0.39, 0.29) is 5.56 Å². The first-order chi connectivity index (χ1) is 8.02. The van der Waals surface area contributed by atoms with Gasteiger partial charge in [-0.15, -0.1) is 0 Å². The van der Waals surface area contributed by atoms with Crippen LogP contribution in [0.25, 0.3) is 0 Å². The number of benzene rings is 1. The number of halogens is 1. The highest BCUT2D eigenvalue weighted by atomic mass is 35.5. The second kappa shape index (κ2) is 6.00. The van der Waals surface area contributed by atoms with Crippen LogP contribution in [0, 0.1) is 0 Å². The van der Waals surface area contributed by atoms with Gasteiger partial charge in [-0.3, -0.25) is 14.4 Å². The number of hydrogen-bond acceptors (Lipinski definition) is 4. The van der Waals surface area contributed by atoms with Gasteiger partial charge in [0.15, 0.2) is 12.9 Å². The lowest BCUT2D eigenvalue weighted by atomic mass is 10.2. The number of ether oxygens (including phenoxy) is 1. The molecule has 0 aromatic heterocycles. The molecule has 0 radical (unpaired) electrons. The highest BCUT2D eigenvalue weighted by Crippen LogP contribution is 2.18.